The fourth-order valence-electron chi connectivity index (χ4n) is 1.97. The van der Waals surface area contributed by atoms with Gasteiger partial charge in [0, 0.05) is 5.02 Å². The predicted octanol–water partition coefficient (Wildman–Crippen LogP) is 2.73. The van der Waals surface area contributed by atoms with Crippen molar-refractivity contribution in [3.63, 3.8) is 0 Å². The third-order valence-electron chi connectivity index (χ3n) is 3.27. The topological polar surface area (TPSA) is 110 Å². The molecule has 0 bridgehead atoms. The van der Waals surface area contributed by atoms with E-state index in [4.69, 9.17) is 11.6 Å². The maximum atomic E-state index is 12.2. The Kier molecular flexibility index (Phi) is 4.85. The lowest BCUT2D eigenvalue weighted by molar-refractivity contribution is -0.389. The van der Waals surface area contributed by atoms with Gasteiger partial charge in [-0.05, 0) is 30.0 Å². The molecule has 1 atom stereocenters. The highest BCUT2D eigenvalue weighted by molar-refractivity contribution is 6.31. The number of rotatable bonds is 5. The predicted molar refractivity (Wildman–Crippen MR) is 84.5 cm³/mol. The van der Waals surface area contributed by atoms with Crippen LogP contribution in [-0.2, 0) is 11.3 Å². The first-order valence-electron chi connectivity index (χ1n) is 6.76. The number of carbonyl (C=O) groups excluding carboxylic acids is 1. The minimum Gasteiger partial charge on any atom is -0.506 e. The summed E-state index contributed by atoms with van der Waals surface area (Å²) in [7, 11) is 0. The number of benzene rings is 1. The summed E-state index contributed by atoms with van der Waals surface area (Å²) in [5.74, 6) is -1.24. The van der Waals surface area contributed by atoms with Crippen LogP contribution in [0.4, 0.5) is 11.5 Å². The number of aromatic hydroxyl groups is 1. The van der Waals surface area contributed by atoms with Crippen LogP contribution in [0, 0.1) is 23.0 Å². The summed E-state index contributed by atoms with van der Waals surface area (Å²) in [6, 6.07) is 5.66. The first-order chi connectivity index (χ1) is 10.8. The lowest BCUT2D eigenvalue weighted by Crippen LogP contribution is -2.25. The molecule has 122 valence electrons. The van der Waals surface area contributed by atoms with E-state index in [9.17, 15) is 20.0 Å². The van der Waals surface area contributed by atoms with Gasteiger partial charge in [0.05, 0.1) is 35.0 Å². The van der Waals surface area contributed by atoms with E-state index >= 15 is 0 Å². The number of hydrogen-bond donors (Lipinski definition) is 2. The zero-order valence-electron chi connectivity index (χ0n) is 12.5. The Morgan fingerprint density at radius 1 is 1.52 bits per heavy atom. The molecular formula is C14H15ClN4O4. The molecule has 0 aliphatic carbocycles. The Bertz CT molecular complexity index is 759. The van der Waals surface area contributed by atoms with Crippen molar-refractivity contribution in [1.82, 2.24) is 9.78 Å². The van der Waals surface area contributed by atoms with Crippen LogP contribution in [0.3, 0.4) is 0 Å². The maximum absolute atomic E-state index is 12.2. The summed E-state index contributed by atoms with van der Waals surface area (Å²) in [6.07, 6.45) is 0. The van der Waals surface area contributed by atoms with Crippen LogP contribution in [0.1, 0.15) is 12.6 Å². The lowest BCUT2D eigenvalue weighted by atomic mass is 10.1. The van der Waals surface area contributed by atoms with E-state index in [1.807, 2.05) is 0 Å². The number of carbonyl (C=O) groups is 1. The molecule has 1 heterocycles. The number of anilines is 1. The third kappa shape index (κ3) is 3.98. The van der Waals surface area contributed by atoms with Gasteiger partial charge in [0.1, 0.15) is 5.75 Å². The minimum atomic E-state index is -0.585. The molecule has 0 saturated heterocycles. The largest absolute Gasteiger partial charge is 0.506 e. The van der Waals surface area contributed by atoms with Crippen LogP contribution in [0.2, 0.25) is 5.02 Å². The summed E-state index contributed by atoms with van der Waals surface area (Å²) in [5.41, 5.74) is 0.791. The Balaban J connectivity index is 2.08. The van der Waals surface area contributed by atoms with Crippen molar-refractivity contribution in [3.05, 3.63) is 45.1 Å². The smallest absolute Gasteiger partial charge is 0.390 e. The van der Waals surface area contributed by atoms with Gasteiger partial charge >= 0.3 is 5.82 Å². The molecule has 0 spiro atoms. The van der Waals surface area contributed by atoms with Crippen molar-refractivity contribution < 1.29 is 14.8 Å². The van der Waals surface area contributed by atoms with Gasteiger partial charge in [0.15, 0.2) is 0 Å². The highest BCUT2D eigenvalue weighted by Crippen LogP contribution is 2.27. The van der Waals surface area contributed by atoms with Gasteiger partial charge in [-0.1, -0.05) is 18.5 Å². The Morgan fingerprint density at radius 2 is 2.22 bits per heavy atom. The van der Waals surface area contributed by atoms with Crippen molar-refractivity contribution in [3.8, 4) is 5.75 Å². The number of nitro groups is 1. The van der Waals surface area contributed by atoms with Gasteiger partial charge in [0.2, 0.25) is 5.91 Å². The van der Waals surface area contributed by atoms with Gasteiger partial charge in [-0.2, -0.15) is 4.68 Å². The van der Waals surface area contributed by atoms with Crippen LogP contribution >= 0.6 is 11.6 Å². The van der Waals surface area contributed by atoms with E-state index in [0.717, 1.165) is 0 Å². The fraction of sp³-hybridized carbons (Fsp3) is 0.286. The first-order valence-corrected chi connectivity index (χ1v) is 7.14. The fourth-order valence-corrected chi connectivity index (χ4v) is 2.15. The molecule has 2 rings (SSSR count). The van der Waals surface area contributed by atoms with Gasteiger partial charge < -0.3 is 20.5 Å². The summed E-state index contributed by atoms with van der Waals surface area (Å²) >= 11 is 5.82. The van der Waals surface area contributed by atoms with Gasteiger partial charge in [-0.25, -0.2) is 0 Å². The van der Waals surface area contributed by atoms with Crippen molar-refractivity contribution in [1.29, 1.82) is 0 Å². The van der Waals surface area contributed by atoms with Crippen molar-refractivity contribution in [2.45, 2.75) is 20.4 Å². The molecule has 8 nitrogen and oxygen atoms in total. The number of hydrogen-bond acceptors (Lipinski definition) is 5. The maximum Gasteiger partial charge on any atom is 0.390 e. The second-order valence-electron chi connectivity index (χ2n) is 5.13. The lowest BCUT2D eigenvalue weighted by Gasteiger charge is -2.12. The summed E-state index contributed by atoms with van der Waals surface area (Å²) in [6.45, 7) is 3.50. The average molecular weight is 339 g/mol. The summed E-state index contributed by atoms with van der Waals surface area (Å²) < 4.78 is 1.40. The molecule has 0 aliphatic rings. The molecule has 1 aromatic heterocycles. The van der Waals surface area contributed by atoms with Gasteiger partial charge in [0.25, 0.3) is 0 Å². The van der Waals surface area contributed by atoms with Crippen LogP contribution in [-0.4, -0.2) is 25.7 Å². The standard InChI is InChI=1S/C14H15ClN4O4/c1-8(7-18-9(2)5-13(17-18)19(22)23)14(21)16-11-6-10(15)3-4-12(11)20/h3-6,8,20H,7H2,1-2H3,(H,16,21)/t8-/m1/s1. The Hall–Kier alpha value is -2.61. The van der Waals surface area contributed by atoms with E-state index in [-0.39, 0.29) is 29.7 Å². The average Bonchev–Trinajstić information content (AvgIpc) is 2.84. The number of aryl methyl sites for hydroxylation is 1. The zero-order chi connectivity index (χ0) is 17.1. The first kappa shape index (κ1) is 16.8. The van der Waals surface area contributed by atoms with Crippen LogP contribution in [0.25, 0.3) is 0 Å². The molecule has 0 aliphatic heterocycles. The number of phenols is 1. The normalized spacial score (nSPS) is 12.0. The molecule has 23 heavy (non-hydrogen) atoms. The minimum absolute atomic E-state index is 0.0964. The molecular weight excluding hydrogens is 324 g/mol. The number of aromatic nitrogens is 2. The van der Waals surface area contributed by atoms with Crippen LogP contribution in [0.5, 0.6) is 5.75 Å². The number of phenolic OH excluding ortho intramolecular Hbond substituents is 1. The van der Waals surface area contributed by atoms with Crippen LogP contribution < -0.4 is 5.32 Å². The molecule has 0 fully saturated rings. The van der Waals surface area contributed by atoms with Gasteiger partial charge in [-0.15, -0.1) is 0 Å². The van der Waals surface area contributed by atoms with E-state index in [2.05, 4.69) is 10.4 Å². The molecule has 1 aromatic carbocycles. The van der Waals surface area contributed by atoms with E-state index < -0.39 is 10.8 Å². The number of nitrogens with zero attached hydrogens (tertiary/aromatic N) is 3. The SMILES string of the molecule is Cc1cc([N+](=O)[O-])nn1C[C@@H](C)C(=O)Nc1cc(Cl)ccc1O. The zero-order valence-corrected chi connectivity index (χ0v) is 13.2. The second kappa shape index (κ2) is 6.66. The van der Waals surface area contributed by atoms with E-state index in [0.29, 0.717) is 10.7 Å². The molecule has 9 heteroatoms. The quantitative estimate of drug-likeness (QED) is 0.494. The molecule has 1 amide bonds. The molecule has 2 N–H and O–H groups in total. The molecule has 2 aromatic rings. The van der Waals surface area contributed by atoms with E-state index in [1.54, 1.807) is 13.8 Å². The summed E-state index contributed by atoms with van der Waals surface area (Å²) in [5, 5.41) is 27.2. The number of nitrogens with one attached hydrogen (secondary N) is 1. The third-order valence-corrected chi connectivity index (χ3v) is 3.50. The summed E-state index contributed by atoms with van der Waals surface area (Å²) in [4.78, 5) is 22.3. The monoisotopic (exact) mass is 338 g/mol. The van der Waals surface area contributed by atoms with E-state index in [1.165, 1.54) is 28.9 Å². The molecule has 0 unspecified atom stereocenters. The van der Waals surface area contributed by atoms with Crippen molar-refractivity contribution >= 4 is 29.0 Å². The highest BCUT2D eigenvalue weighted by atomic mass is 35.5. The second-order valence-corrected chi connectivity index (χ2v) is 5.57. The van der Waals surface area contributed by atoms with Crippen molar-refractivity contribution in [2.75, 3.05) is 5.32 Å². The Labute approximate surface area is 136 Å². The number of halogens is 1. The van der Waals surface area contributed by atoms with Gasteiger partial charge in [-0.3, -0.25) is 4.79 Å². The Morgan fingerprint density at radius 3 is 2.83 bits per heavy atom. The molecule has 0 saturated carbocycles. The van der Waals surface area contributed by atoms with Crippen LogP contribution in [0.15, 0.2) is 24.3 Å². The highest BCUT2D eigenvalue weighted by Gasteiger charge is 2.21. The molecule has 0 radical (unpaired) electrons. The number of amides is 1. The van der Waals surface area contributed by atoms with Crippen molar-refractivity contribution in [2.24, 2.45) is 5.92 Å².